The van der Waals surface area contributed by atoms with E-state index in [-0.39, 0.29) is 12.0 Å². The van der Waals surface area contributed by atoms with E-state index in [0.717, 1.165) is 28.1 Å². The van der Waals surface area contributed by atoms with Gasteiger partial charge >= 0.3 is 0 Å². The molecular weight excluding hydrogens is 408 g/mol. The van der Waals surface area contributed by atoms with Gasteiger partial charge in [0.05, 0.1) is 25.2 Å². The quantitative estimate of drug-likeness (QED) is 0.459. The van der Waals surface area contributed by atoms with Gasteiger partial charge in [-0.3, -0.25) is 4.79 Å². The van der Waals surface area contributed by atoms with Crippen molar-refractivity contribution < 1.29 is 18.6 Å². The Kier molecular flexibility index (Phi) is 5.18. The lowest BCUT2D eigenvalue weighted by atomic mass is 10.1. The first-order chi connectivity index (χ1) is 15.6. The van der Waals surface area contributed by atoms with E-state index < -0.39 is 0 Å². The summed E-state index contributed by atoms with van der Waals surface area (Å²) in [6.45, 7) is 4.80. The van der Waals surface area contributed by atoms with Crippen molar-refractivity contribution in [3.63, 3.8) is 0 Å². The normalized spacial score (nSPS) is 13.8. The van der Waals surface area contributed by atoms with Crippen LogP contribution in [0.2, 0.25) is 0 Å². The molecule has 2 aromatic carbocycles. The standard InChI is InChI=1S/C24H22N4O4/c1-15-21(16(2)31-26-15)12-22(29)28-13-20(14-28)30-19-10-8-17(9-11-19)23-25-24(32-27-23)18-6-4-3-5-7-18/h3-11,20H,12-14H2,1-2H3. The Morgan fingerprint density at radius 2 is 1.75 bits per heavy atom. The number of nitrogens with zero attached hydrogens (tertiary/aromatic N) is 4. The topological polar surface area (TPSA) is 94.5 Å². The Balaban J connectivity index is 1.15. The van der Waals surface area contributed by atoms with E-state index in [1.165, 1.54) is 0 Å². The molecule has 1 aliphatic rings. The molecular formula is C24H22N4O4. The van der Waals surface area contributed by atoms with Crippen LogP contribution in [0, 0.1) is 13.8 Å². The van der Waals surface area contributed by atoms with Crippen LogP contribution in [0.25, 0.3) is 22.8 Å². The largest absolute Gasteiger partial charge is 0.487 e. The zero-order valence-corrected chi connectivity index (χ0v) is 17.8. The highest BCUT2D eigenvalue weighted by molar-refractivity contribution is 5.80. The van der Waals surface area contributed by atoms with Crippen molar-refractivity contribution in [2.75, 3.05) is 13.1 Å². The first-order valence-electron chi connectivity index (χ1n) is 10.4. The summed E-state index contributed by atoms with van der Waals surface area (Å²) in [5.41, 5.74) is 3.35. The lowest BCUT2D eigenvalue weighted by Crippen LogP contribution is -2.56. The molecule has 1 aliphatic heterocycles. The number of aromatic nitrogens is 3. The Hall–Kier alpha value is -3.94. The Morgan fingerprint density at radius 1 is 1.00 bits per heavy atom. The van der Waals surface area contributed by atoms with Crippen LogP contribution in [0.15, 0.2) is 63.6 Å². The van der Waals surface area contributed by atoms with Crippen LogP contribution >= 0.6 is 0 Å². The third kappa shape index (κ3) is 3.99. The van der Waals surface area contributed by atoms with Crippen LogP contribution in [0.5, 0.6) is 5.75 Å². The number of carbonyl (C=O) groups excluding carboxylic acids is 1. The number of hydrogen-bond donors (Lipinski definition) is 0. The van der Waals surface area contributed by atoms with Crippen molar-refractivity contribution in [2.24, 2.45) is 0 Å². The first-order valence-corrected chi connectivity index (χ1v) is 10.4. The van der Waals surface area contributed by atoms with Crippen LogP contribution in [0.4, 0.5) is 0 Å². The Labute approximate surface area is 184 Å². The van der Waals surface area contributed by atoms with Crippen LogP contribution in [-0.4, -0.2) is 45.3 Å². The molecule has 3 heterocycles. The highest BCUT2D eigenvalue weighted by atomic mass is 16.5. The monoisotopic (exact) mass is 430 g/mol. The van der Waals surface area contributed by atoms with Crippen molar-refractivity contribution in [3.8, 4) is 28.6 Å². The Morgan fingerprint density at radius 3 is 2.44 bits per heavy atom. The molecule has 1 amide bonds. The molecule has 0 unspecified atom stereocenters. The molecule has 0 atom stereocenters. The van der Waals surface area contributed by atoms with Crippen LogP contribution in [0.3, 0.4) is 0 Å². The van der Waals surface area contributed by atoms with E-state index >= 15 is 0 Å². The number of rotatable bonds is 6. The average Bonchev–Trinajstić information content (AvgIpc) is 3.40. The molecule has 1 fully saturated rings. The maximum absolute atomic E-state index is 12.5. The highest BCUT2D eigenvalue weighted by Crippen LogP contribution is 2.25. The van der Waals surface area contributed by atoms with Gasteiger partial charge < -0.3 is 18.7 Å². The molecule has 162 valence electrons. The maximum Gasteiger partial charge on any atom is 0.258 e. The van der Waals surface area contributed by atoms with Gasteiger partial charge in [-0.1, -0.05) is 28.5 Å². The smallest absolute Gasteiger partial charge is 0.258 e. The summed E-state index contributed by atoms with van der Waals surface area (Å²) < 4.78 is 16.5. The fraction of sp³-hybridized carbons (Fsp3) is 0.250. The van der Waals surface area contributed by atoms with Gasteiger partial charge in [0.2, 0.25) is 11.7 Å². The molecule has 0 bridgehead atoms. The van der Waals surface area contributed by atoms with Gasteiger partial charge in [-0.2, -0.15) is 4.98 Å². The number of aryl methyl sites for hydroxylation is 2. The summed E-state index contributed by atoms with van der Waals surface area (Å²) in [5, 5.41) is 7.97. The molecule has 32 heavy (non-hydrogen) atoms. The molecule has 0 aliphatic carbocycles. The lowest BCUT2D eigenvalue weighted by Gasteiger charge is -2.39. The minimum atomic E-state index is -0.0238. The summed E-state index contributed by atoms with van der Waals surface area (Å²) in [6, 6.07) is 17.2. The summed E-state index contributed by atoms with van der Waals surface area (Å²) >= 11 is 0. The summed E-state index contributed by atoms with van der Waals surface area (Å²) in [6.07, 6.45) is 0.280. The summed E-state index contributed by atoms with van der Waals surface area (Å²) in [5.74, 6) is 2.50. The molecule has 4 aromatic rings. The molecule has 8 heteroatoms. The van der Waals surface area contributed by atoms with Crippen molar-refractivity contribution in [1.82, 2.24) is 20.2 Å². The maximum atomic E-state index is 12.5. The lowest BCUT2D eigenvalue weighted by molar-refractivity contribution is -0.139. The number of amides is 1. The third-order valence-electron chi connectivity index (χ3n) is 5.57. The summed E-state index contributed by atoms with van der Waals surface area (Å²) in [7, 11) is 0. The number of benzene rings is 2. The average molecular weight is 430 g/mol. The first kappa shape index (κ1) is 20.0. The van der Waals surface area contributed by atoms with Gasteiger partial charge in [-0.25, -0.2) is 0 Å². The van der Waals surface area contributed by atoms with Crippen molar-refractivity contribution in [3.05, 3.63) is 71.6 Å². The van der Waals surface area contributed by atoms with Gasteiger partial charge in [0.15, 0.2) is 0 Å². The van der Waals surface area contributed by atoms with Crippen LogP contribution in [-0.2, 0) is 11.2 Å². The van der Waals surface area contributed by atoms with Gasteiger partial charge in [0, 0.05) is 16.7 Å². The second-order valence-electron chi connectivity index (χ2n) is 7.83. The zero-order chi connectivity index (χ0) is 22.1. The number of carbonyl (C=O) groups is 1. The van der Waals surface area contributed by atoms with Gasteiger partial charge in [0.25, 0.3) is 5.89 Å². The van der Waals surface area contributed by atoms with Crippen LogP contribution < -0.4 is 4.74 Å². The van der Waals surface area contributed by atoms with Crippen molar-refractivity contribution in [2.45, 2.75) is 26.4 Å². The fourth-order valence-corrected chi connectivity index (χ4v) is 3.65. The van der Waals surface area contributed by atoms with E-state index in [4.69, 9.17) is 13.8 Å². The van der Waals surface area contributed by atoms with Crippen molar-refractivity contribution in [1.29, 1.82) is 0 Å². The molecule has 0 saturated carbocycles. The second kappa shape index (κ2) is 8.30. The number of hydrogen-bond acceptors (Lipinski definition) is 7. The third-order valence-corrected chi connectivity index (χ3v) is 5.57. The zero-order valence-electron chi connectivity index (χ0n) is 17.8. The predicted molar refractivity (Wildman–Crippen MR) is 116 cm³/mol. The SMILES string of the molecule is Cc1noc(C)c1CC(=O)N1CC(Oc2ccc(-c3noc(-c4ccccc4)n3)cc2)C1. The van der Waals surface area contributed by atoms with E-state index in [1.807, 2.05) is 68.4 Å². The molecule has 8 nitrogen and oxygen atoms in total. The number of likely N-dealkylation sites (tertiary alicyclic amines) is 1. The van der Waals surface area contributed by atoms with Crippen molar-refractivity contribution >= 4 is 5.91 Å². The van der Waals surface area contributed by atoms with Crippen LogP contribution in [0.1, 0.15) is 17.0 Å². The second-order valence-corrected chi connectivity index (χ2v) is 7.83. The summed E-state index contributed by atoms with van der Waals surface area (Å²) in [4.78, 5) is 18.7. The molecule has 0 radical (unpaired) electrons. The van der Waals surface area contributed by atoms with E-state index in [1.54, 1.807) is 4.90 Å². The van der Waals surface area contributed by atoms with Gasteiger partial charge in [-0.15, -0.1) is 0 Å². The fourth-order valence-electron chi connectivity index (χ4n) is 3.65. The van der Waals surface area contributed by atoms with E-state index in [0.29, 0.717) is 37.0 Å². The van der Waals surface area contributed by atoms with Gasteiger partial charge in [-0.05, 0) is 50.2 Å². The van der Waals surface area contributed by atoms with E-state index in [2.05, 4.69) is 15.3 Å². The minimum absolute atomic E-state index is 0.0238. The highest BCUT2D eigenvalue weighted by Gasteiger charge is 2.33. The minimum Gasteiger partial charge on any atom is -0.487 e. The molecule has 0 spiro atoms. The van der Waals surface area contributed by atoms with Gasteiger partial charge in [0.1, 0.15) is 17.6 Å². The Bertz CT molecular complexity index is 1210. The van der Waals surface area contributed by atoms with E-state index in [9.17, 15) is 4.79 Å². The molecule has 1 saturated heterocycles. The number of ether oxygens (including phenoxy) is 1. The molecule has 5 rings (SSSR count). The molecule has 2 aromatic heterocycles. The molecule has 0 N–H and O–H groups in total. The predicted octanol–water partition coefficient (Wildman–Crippen LogP) is 3.84.